The first kappa shape index (κ1) is 24.0. The zero-order chi connectivity index (χ0) is 23.1. The monoisotopic (exact) mass is 432 g/mol. The highest BCUT2D eigenvalue weighted by atomic mass is 16.3. The Kier molecular flexibility index (Phi) is 8.22. The van der Waals surface area contributed by atoms with E-state index in [9.17, 15) is 29.7 Å². The van der Waals surface area contributed by atoms with E-state index in [4.69, 9.17) is 5.26 Å². The Bertz CT molecular complexity index is 868. The van der Waals surface area contributed by atoms with Gasteiger partial charge in [0.05, 0.1) is 12.5 Å². The fourth-order valence-electron chi connectivity index (χ4n) is 3.50. The smallest absolute Gasteiger partial charge is 0.249 e. The second-order valence-corrected chi connectivity index (χ2v) is 7.63. The third-order valence-corrected chi connectivity index (χ3v) is 5.26. The van der Waals surface area contributed by atoms with Gasteiger partial charge in [-0.3, -0.25) is 14.4 Å². The number of rotatable bonds is 8. The molecule has 1 saturated heterocycles. The summed E-state index contributed by atoms with van der Waals surface area (Å²) in [5.41, 5.74) is 0.433. The summed E-state index contributed by atoms with van der Waals surface area (Å²) >= 11 is 0. The van der Waals surface area contributed by atoms with Crippen molar-refractivity contribution in [3.63, 3.8) is 0 Å². The van der Waals surface area contributed by atoms with Crippen LogP contribution in [-0.4, -0.2) is 81.2 Å². The standard InChI is InChI=1S/C21H28N4O6/c1-13(23-19(29)18(28)12-14-6-7-16(26)17(27)11-14)20(30)25-10-3-5-15(25)21(31)24(2)9-4-8-22/h6-7,11,13,15,18,26-28H,3-5,9-10,12H2,1-2H3,(H,23,29). The number of aliphatic hydroxyl groups excluding tert-OH is 1. The number of amides is 3. The molecule has 10 heteroatoms. The second-order valence-electron chi connectivity index (χ2n) is 7.63. The number of benzene rings is 1. The van der Waals surface area contributed by atoms with Crippen molar-refractivity contribution in [2.75, 3.05) is 20.1 Å². The minimum absolute atomic E-state index is 0.116. The van der Waals surface area contributed by atoms with E-state index < -0.39 is 30.0 Å². The van der Waals surface area contributed by atoms with Gasteiger partial charge in [0.25, 0.3) is 0 Å². The van der Waals surface area contributed by atoms with Crippen molar-refractivity contribution in [2.45, 2.75) is 50.8 Å². The van der Waals surface area contributed by atoms with E-state index in [2.05, 4.69) is 5.32 Å². The third-order valence-electron chi connectivity index (χ3n) is 5.26. The Morgan fingerprint density at radius 2 is 2.03 bits per heavy atom. The molecule has 1 fully saturated rings. The van der Waals surface area contributed by atoms with Crippen LogP contribution in [-0.2, 0) is 20.8 Å². The number of phenols is 2. The van der Waals surface area contributed by atoms with Crippen LogP contribution in [0.5, 0.6) is 11.5 Å². The highest BCUT2D eigenvalue weighted by Crippen LogP contribution is 2.25. The molecule has 0 saturated carbocycles. The molecular formula is C21H28N4O6. The molecule has 0 spiro atoms. The number of nitriles is 1. The lowest BCUT2D eigenvalue weighted by Crippen LogP contribution is -2.54. The maximum Gasteiger partial charge on any atom is 0.249 e. The van der Waals surface area contributed by atoms with Crippen LogP contribution in [0.3, 0.4) is 0 Å². The van der Waals surface area contributed by atoms with Gasteiger partial charge < -0.3 is 30.4 Å². The summed E-state index contributed by atoms with van der Waals surface area (Å²) in [5, 5.41) is 40.2. The van der Waals surface area contributed by atoms with Gasteiger partial charge in [-0.1, -0.05) is 6.07 Å². The number of likely N-dealkylation sites (N-methyl/N-ethyl adjacent to an activating group) is 1. The van der Waals surface area contributed by atoms with E-state index in [1.165, 1.54) is 34.9 Å². The number of likely N-dealkylation sites (tertiary alicyclic amines) is 1. The number of hydrogen-bond donors (Lipinski definition) is 4. The number of nitrogens with zero attached hydrogens (tertiary/aromatic N) is 3. The summed E-state index contributed by atoms with van der Waals surface area (Å²) in [4.78, 5) is 40.7. The zero-order valence-corrected chi connectivity index (χ0v) is 17.6. The van der Waals surface area contributed by atoms with E-state index in [1.54, 1.807) is 7.05 Å². The molecule has 168 valence electrons. The topological polar surface area (TPSA) is 154 Å². The van der Waals surface area contributed by atoms with Crippen molar-refractivity contribution in [3.05, 3.63) is 23.8 Å². The quantitative estimate of drug-likeness (QED) is 0.417. The van der Waals surface area contributed by atoms with Gasteiger partial charge in [0.2, 0.25) is 17.7 Å². The minimum atomic E-state index is -1.47. The van der Waals surface area contributed by atoms with Crippen LogP contribution in [0.4, 0.5) is 0 Å². The molecule has 31 heavy (non-hydrogen) atoms. The lowest BCUT2D eigenvalue weighted by molar-refractivity contribution is -0.145. The van der Waals surface area contributed by atoms with Gasteiger partial charge >= 0.3 is 0 Å². The van der Waals surface area contributed by atoms with Crippen LogP contribution in [0.1, 0.15) is 31.7 Å². The van der Waals surface area contributed by atoms with Gasteiger partial charge in [-0.25, -0.2) is 0 Å². The molecule has 0 radical (unpaired) electrons. The number of carbonyl (C=O) groups excluding carboxylic acids is 3. The molecule has 3 amide bonds. The maximum atomic E-state index is 12.8. The molecular weight excluding hydrogens is 404 g/mol. The zero-order valence-electron chi connectivity index (χ0n) is 17.6. The Morgan fingerprint density at radius 3 is 2.68 bits per heavy atom. The molecule has 1 aromatic carbocycles. The maximum absolute atomic E-state index is 12.8. The summed E-state index contributed by atoms with van der Waals surface area (Å²) in [6.45, 7) is 2.15. The predicted octanol–water partition coefficient (Wildman–Crippen LogP) is -0.131. The molecule has 1 aromatic rings. The van der Waals surface area contributed by atoms with Crippen LogP contribution >= 0.6 is 0 Å². The molecule has 0 aromatic heterocycles. The molecule has 0 bridgehead atoms. The lowest BCUT2D eigenvalue weighted by Gasteiger charge is -2.30. The summed E-state index contributed by atoms with van der Waals surface area (Å²) < 4.78 is 0. The number of aromatic hydroxyl groups is 2. The molecule has 1 aliphatic rings. The van der Waals surface area contributed by atoms with Crippen molar-refractivity contribution < 1.29 is 29.7 Å². The average molecular weight is 432 g/mol. The van der Waals surface area contributed by atoms with Gasteiger partial charge in [-0.15, -0.1) is 0 Å². The number of hydrogen-bond acceptors (Lipinski definition) is 7. The fraction of sp³-hybridized carbons (Fsp3) is 0.524. The molecule has 1 heterocycles. The molecule has 2 rings (SSSR count). The van der Waals surface area contributed by atoms with Crippen LogP contribution < -0.4 is 5.32 Å². The van der Waals surface area contributed by atoms with Crippen molar-refractivity contribution in [2.24, 2.45) is 0 Å². The fourth-order valence-corrected chi connectivity index (χ4v) is 3.50. The molecule has 3 unspecified atom stereocenters. The van der Waals surface area contributed by atoms with E-state index in [0.717, 1.165) is 0 Å². The second kappa shape index (κ2) is 10.6. The first-order valence-electron chi connectivity index (χ1n) is 10.1. The summed E-state index contributed by atoms with van der Waals surface area (Å²) in [5.74, 6) is -2.10. The number of aliphatic hydroxyl groups is 1. The van der Waals surface area contributed by atoms with Crippen molar-refractivity contribution >= 4 is 17.7 Å². The molecule has 0 aliphatic carbocycles. The van der Waals surface area contributed by atoms with Gasteiger partial charge in [-0.2, -0.15) is 5.26 Å². The molecule has 4 N–H and O–H groups in total. The SMILES string of the molecule is CC(NC(=O)C(O)Cc1ccc(O)c(O)c1)C(=O)N1CCCC1C(=O)N(C)CCC#N. The van der Waals surface area contributed by atoms with Gasteiger partial charge in [0, 0.05) is 26.6 Å². The highest BCUT2D eigenvalue weighted by molar-refractivity contribution is 5.93. The van der Waals surface area contributed by atoms with E-state index in [-0.39, 0.29) is 36.8 Å². The van der Waals surface area contributed by atoms with Crippen LogP contribution in [0.15, 0.2) is 18.2 Å². The van der Waals surface area contributed by atoms with Crippen molar-refractivity contribution in [3.8, 4) is 17.6 Å². The van der Waals surface area contributed by atoms with E-state index in [0.29, 0.717) is 24.9 Å². The predicted molar refractivity (Wildman–Crippen MR) is 110 cm³/mol. The first-order chi connectivity index (χ1) is 14.6. The first-order valence-corrected chi connectivity index (χ1v) is 10.1. The Hall–Kier alpha value is -3.32. The van der Waals surface area contributed by atoms with E-state index in [1.807, 2.05) is 6.07 Å². The number of nitrogens with one attached hydrogen (secondary N) is 1. The molecule has 10 nitrogen and oxygen atoms in total. The number of phenolic OH excluding ortho intramolecular Hbond substituents is 2. The largest absolute Gasteiger partial charge is 0.504 e. The minimum Gasteiger partial charge on any atom is -0.504 e. The van der Waals surface area contributed by atoms with Crippen molar-refractivity contribution in [1.82, 2.24) is 15.1 Å². The normalized spacial score (nSPS) is 17.5. The Balaban J connectivity index is 1.95. The van der Waals surface area contributed by atoms with Crippen LogP contribution in [0.25, 0.3) is 0 Å². The van der Waals surface area contributed by atoms with Crippen molar-refractivity contribution in [1.29, 1.82) is 5.26 Å². The van der Waals surface area contributed by atoms with E-state index >= 15 is 0 Å². The molecule has 1 aliphatic heterocycles. The summed E-state index contributed by atoms with van der Waals surface area (Å²) in [7, 11) is 1.59. The third kappa shape index (κ3) is 6.08. The molecule has 3 atom stereocenters. The Labute approximate surface area is 180 Å². The average Bonchev–Trinajstić information content (AvgIpc) is 3.23. The lowest BCUT2D eigenvalue weighted by atomic mass is 10.1. The van der Waals surface area contributed by atoms with Gasteiger partial charge in [0.15, 0.2) is 11.5 Å². The Morgan fingerprint density at radius 1 is 1.32 bits per heavy atom. The van der Waals surface area contributed by atoms with Gasteiger partial charge in [-0.05, 0) is 37.5 Å². The summed E-state index contributed by atoms with van der Waals surface area (Å²) in [6.07, 6.45) is -0.217. The van der Waals surface area contributed by atoms with Gasteiger partial charge in [0.1, 0.15) is 18.2 Å². The van der Waals surface area contributed by atoms with Crippen LogP contribution in [0, 0.1) is 11.3 Å². The highest BCUT2D eigenvalue weighted by Gasteiger charge is 2.37. The number of carbonyl (C=O) groups is 3. The summed E-state index contributed by atoms with van der Waals surface area (Å²) in [6, 6.07) is 4.34. The van der Waals surface area contributed by atoms with Crippen LogP contribution in [0.2, 0.25) is 0 Å².